The van der Waals surface area contributed by atoms with Crippen molar-refractivity contribution in [2.75, 3.05) is 12.3 Å². The Balaban J connectivity index is 2.10. The molecular formula is C9H11N5O3. The van der Waals surface area contributed by atoms with Crippen molar-refractivity contribution in [2.45, 2.75) is 18.4 Å². The van der Waals surface area contributed by atoms with E-state index in [1.807, 2.05) is 0 Å². The minimum Gasteiger partial charge on any atom is -0.388 e. The van der Waals surface area contributed by atoms with E-state index in [9.17, 15) is 10.2 Å². The van der Waals surface area contributed by atoms with Gasteiger partial charge in [-0.2, -0.15) is 0 Å². The Morgan fingerprint density at radius 3 is 2.88 bits per heavy atom. The van der Waals surface area contributed by atoms with Crippen LogP contribution >= 0.6 is 0 Å². The number of aliphatic hydroxyl groups is 2. The molecule has 0 saturated carbocycles. The van der Waals surface area contributed by atoms with Crippen LogP contribution in [0.1, 0.15) is 6.23 Å². The van der Waals surface area contributed by atoms with E-state index >= 15 is 0 Å². The number of nitrogens with zero attached hydrogens (tertiary/aromatic N) is 4. The summed E-state index contributed by atoms with van der Waals surface area (Å²) in [6.07, 6.45) is 0.152. The number of fused-ring (bicyclic) bond motifs is 1. The van der Waals surface area contributed by atoms with Gasteiger partial charge in [0.2, 0.25) is 0 Å². The van der Waals surface area contributed by atoms with E-state index in [1.165, 1.54) is 17.2 Å². The number of ether oxygens (including phenoxy) is 1. The molecule has 1 aliphatic heterocycles. The fourth-order valence-corrected chi connectivity index (χ4v) is 1.89. The molecule has 0 radical (unpaired) electrons. The van der Waals surface area contributed by atoms with Crippen LogP contribution in [0.3, 0.4) is 0 Å². The number of hydrogen-bond acceptors (Lipinski definition) is 7. The maximum absolute atomic E-state index is 9.76. The smallest absolute Gasteiger partial charge is 0.167 e. The van der Waals surface area contributed by atoms with Gasteiger partial charge in [-0.3, -0.25) is 4.57 Å². The van der Waals surface area contributed by atoms with Gasteiger partial charge in [0.1, 0.15) is 24.1 Å². The first-order valence-corrected chi connectivity index (χ1v) is 5.09. The zero-order valence-electron chi connectivity index (χ0n) is 8.76. The normalized spacial score (nSPS) is 28.9. The van der Waals surface area contributed by atoms with E-state index in [2.05, 4.69) is 15.0 Å². The maximum Gasteiger partial charge on any atom is 0.167 e. The Morgan fingerprint density at radius 2 is 2.18 bits per heavy atom. The number of rotatable bonds is 1. The minimum absolute atomic E-state index is 0.0755. The third kappa shape index (κ3) is 1.46. The maximum atomic E-state index is 9.76. The van der Waals surface area contributed by atoms with Gasteiger partial charge in [0.15, 0.2) is 17.7 Å². The Bertz CT molecular complexity index is 557. The fraction of sp³-hybridized carbons (Fsp3) is 0.444. The Morgan fingerprint density at radius 1 is 1.35 bits per heavy atom. The van der Waals surface area contributed by atoms with Gasteiger partial charge in [-0.25, -0.2) is 15.0 Å². The van der Waals surface area contributed by atoms with Crippen LogP contribution in [0.15, 0.2) is 12.7 Å². The van der Waals surface area contributed by atoms with Crippen molar-refractivity contribution in [1.29, 1.82) is 0 Å². The quantitative estimate of drug-likeness (QED) is 0.561. The van der Waals surface area contributed by atoms with Crippen molar-refractivity contribution in [3.8, 4) is 0 Å². The highest BCUT2D eigenvalue weighted by Gasteiger charge is 2.36. The van der Waals surface area contributed by atoms with Crippen molar-refractivity contribution in [3.05, 3.63) is 12.7 Å². The summed E-state index contributed by atoms with van der Waals surface area (Å²) < 4.78 is 6.83. The topological polar surface area (TPSA) is 119 Å². The van der Waals surface area contributed by atoms with Crippen LogP contribution in [-0.4, -0.2) is 48.5 Å². The second kappa shape index (κ2) is 3.62. The summed E-state index contributed by atoms with van der Waals surface area (Å²) in [5, 5.41) is 19.2. The standard InChI is InChI=1S/C9H11N5O3/c10-7-5-8(12-2-11-7)14(3-13-5)9-6(16)4(15)1-17-9/h2-4,6,9,15-16H,1H2,(H2,10,11,12)/t4-,6-,9-/m1/s1. The van der Waals surface area contributed by atoms with Gasteiger partial charge in [0, 0.05) is 0 Å². The monoisotopic (exact) mass is 237 g/mol. The summed E-state index contributed by atoms with van der Waals surface area (Å²) in [5.41, 5.74) is 6.57. The molecule has 1 saturated heterocycles. The average molecular weight is 237 g/mol. The highest BCUT2D eigenvalue weighted by atomic mass is 16.5. The molecule has 2 aromatic rings. The summed E-state index contributed by atoms with van der Waals surface area (Å²) in [6.45, 7) is 0.0755. The summed E-state index contributed by atoms with van der Waals surface area (Å²) >= 11 is 0. The molecule has 1 fully saturated rings. The molecule has 3 atom stereocenters. The van der Waals surface area contributed by atoms with Gasteiger partial charge in [-0.05, 0) is 0 Å². The second-order valence-electron chi connectivity index (χ2n) is 3.86. The van der Waals surface area contributed by atoms with Crippen LogP contribution in [0, 0.1) is 0 Å². The van der Waals surface area contributed by atoms with E-state index in [1.54, 1.807) is 0 Å². The predicted octanol–water partition coefficient (Wildman–Crippen LogP) is -1.34. The Hall–Kier alpha value is -1.77. The summed E-state index contributed by atoms with van der Waals surface area (Å²) in [4.78, 5) is 11.9. The van der Waals surface area contributed by atoms with Crippen LogP contribution in [0.25, 0.3) is 11.2 Å². The van der Waals surface area contributed by atoms with Crippen molar-refractivity contribution in [3.63, 3.8) is 0 Å². The lowest BCUT2D eigenvalue weighted by molar-refractivity contribution is -0.0162. The molecule has 0 spiro atoms. The van der Waals surface area contributed by atoms with Gasteiger partial charge >= 0.3 is 0 Å². The molecule has 90 valence electrons. The highest BCUT2D eigenvalue weighted by Crippen LogP contribution is 2.27. The third-order valence-corrected chi connectivity index (χ3v) is 2.79. The molecule has 0 aliphatic carbocycles. The lowest BCUT2D eigenvalue weighted by atomic mass is 10.2. The van der Waals surface area contributed by atoms with Crippen molar-refractivity contribution in [2.24, 2.45) is 0 Å². The van der Waals surface area contributed by atoms with Gasteiger partial charge in [-0.15, -0.1) is 0 Å². The second-order valence-corrected chi connectivity index (χ2v) is 3.86. The SMILES string of the molecule is Nc1ncnc2c1ncn2[C@@H]1OC[C@@H](O)[C@H]1O. The van der Waals surface area contributed by atoms with Crippen LogP contribution < -0.4 is 5.73 Å². The van der Waals surface area contributed by atoms with E-state index in [0.29, 0.717) is 11.2 Å². The summed E-state index contributed by atoms with van der Waals surface area (Å²) in [6, 6.07) is 0. The predicted molar refractivity (Wildman–Crippen MR) is 56.7 cm³/mol. The van der Waals surface area contributed by atoms with Crippen LogP contribution in [0.5, 0.6) is 0 Å². The summed E-state index contributed by atoms with van der Waals surface area (Å²) in [5.74, 6) is 0.266. The first-order chi connectivity index (χ1) is 8.18. The lowest BCUT2D eigenvalue weighted by Crippen LogP contribution is -2.28. The average Bonchev–Trinajstić information content (AvgIpc) is 2.86. The number of aliphatic hydroxyl groups excluding tert-OH is 2. The van der Waals surface area contributed by atoms with Crippen molar-refractivity contribution in [1.82, 2.24) is 19.5 Å². The van der Waals surface area contributed by atoms with Crippen LogP contribution in [-0.2, 0) is 4.74 Å². The van der Waals surface area contributed by atoms with Gasteiger partial charge in [-0.1, -0.05) is 0 Å². The molecule has 0 unspecified atom stereocenters. The number of anilines is 1. The van der Waals surface area contributed by atoms with Gasteiger partial charge in [0.05, 0.1) is 12.9 Å². The molecule has 0 amide bonds. The largest absolute Gasteiger partial charge is 0.388 e. The minimum atomic E-state index is -1.01. The zero-order chi connectivity index (χ0) is 12.0. The number of nitrogens with two attached hydrogens (primary N) is 1. The third-order valence-electron chi connectivity index (χ3n) is 2.79. The first kappa shape index (κ1) is 10.4. The molecule has 1 aliphatic rings. The van der Waals surface area contributed by atoms with Crippen molar-refractivity contribution >= 4 is 17.0 Å². The number of imidazole rings is 1. The lowest BCUT2D eigenvalue weighted by Gasteiger charge is -2.16. The van der Waals surface area contributed by atoms with Gasteiger partial charge < -0.3 is 20.7 Å². The zero-order valence-corrected chi connectivity index (χ0v) is 8.76. The highest BCUT2D eigenvalue weighted by molar-refractivity contribution is 5.81. The number of hydrogen-bond donors (Lipinski definition) is 3. The molecule has 0 bridgehead atoms. The van der Waals surface area contributed by atoms with E-state index in [0.717, 1.165) is 0 Å². The molecule has 8 heteroatoms. The Labute approximate surface area is 95.7 Å². The molecule has 0 aromatic carbocycles. The molecular weight excluding hydrogens is 226 g/mol. The molecule has 2 aromatic heterocycles. The Kier molecular flexibility index (Phi) is 2.21. The molecule has 8 nitrogen and oxygen atoms in total. The van der Waals surface area contributed by atoms with E-state index < -0.39 is 18.4 Å². The van der Waals surface area contributed by atoms with Gasteiger partial charge in [0.25, 0.3) is 0 Å². The summed E-state index contributed by atoms with van der Waals surface area (Å²) in [7, 11) is 0. The van der Waals surface area contributed by atoms with Crippen LogP contribution in [0.2, 0.25) is 0 Å². The first-order valence-electron chi connectivity index (χ1n) is 5.09. The number of nitrogen functional groups attached to an aromatic ring is 1. The molecule has 3 heterocycles. The number of aromatic nitrogens is 4. The van der Waals surface area contributed by atoms with E-state index in [4.69, 9.17) is 10.5 Å². The molecule has 17 heavy (non-hydrogen) atoms. The van der Waals surface area contributed by atoms with E-state index in [-0.39, 0.29) is 12.4 Å². The van der Waals surface area contributed by atoms with Crippen molar-refractivity contribution < 1.29 is 14.9 Å². The van der Waals surface area contributed by atoms with Crippen LogP contribution in [0.4, 0.5) is 5.82 Å². The molecule has 4 N–H and O–H groups in total. The fourth-order valence-electron chi connectivity index (χ4n) is 1.89. The molecule has 3 rings (SSSR count).